The van der Waals surface area contributed by atoms with Crippen LogP contribution in [0.2, 0.25) is 0 Å². The Labute approximate surface area is 95.6 Å². The summed E-state index contributed by atoms with van der Waals surface area (Å²) in [7, 11) is 0. The van der Waals surface area contributed by atoms with Crippen molar-refractivity contribution < 1.29 is 9.59 Å². The van der Waals surface area contributed by atoms with Crippen LogP contribution in [0.4, 0.5) is 0 Å². The van der Waals surface area contributed by atoms with E-state index >= 15 is 0 Å². The molecule has 0 aromatic rings. The van der Waals surface area contributed by atoms with E-state index in [1.54, 1.807) is 0 Å². The van der Waals surface area contributed by atoms with Gasteiger partial charge in [-0.1, -0.05) is 0 Å². The van der Waals surface area contributed by atoms with Gasteiger partial charge in [-0.25, -0.2) is 0 Å². The topological polar surface area (TPSA) is 61.4 Å². The molecule has 0 saturated carbocycles. The van der Waals surface area contributed by atoms with E-state index < -0.39 is 0 Å². The third-order valence-electron chi connectivity index (χ3n) is 3.32. The van der Waals surface area contributed by atoms with Crippen LogP contribution in [0.1, 0.15) is 19.8 Å². The molecular formula is C11H19N3O2. The first-order chi connectivity index (χ1) is 7.66. The molecule has 0 spiro atoms. The number of nitrogens with one attached hydrogen (secondary N) is 2. The minimum atomic E-state index is -0.0122. The van der Waals surface area contributed by atoms with E-state index in [1.807, 2.05) is 4.90 Å². The molecule has 5 heteroatoms. The monoisotopic (exact) mass is 225 g/mol. The van der Waals surface area contributed by atoms with Crippen LogP contribution < -0.4 is 10.6 Å². The number of hydrogen-bond acceptors (Lipinski definition) is 3. The Morgan fingerprint density at radius 3 is 2.81 bits per heavy atom. The van der Waals surface area contributed by atoms with E-state index in [4.69, 9.17) is 0 Å². The molecule has 5 nitrogen and oxygen atoms in total. The molecule has 2 fully saturated rings. The Morgan fingerprint density at radius 1 is 1.38 bits per heavy atom. The molecule has 2 heterocycles. The van der Waals surface area contributed by atoms with Crippen molar-refractivity contribution in [1.82, 2.24) is 15.5 Å². The maximum Gasteiger partial charge on any atom is 0.227 e. The van der Waals surface area contributed by atoms with Gasteiger partial charge in [0.1, 0.15) is 0 Å². The first-order valence-electron chi connectivity index (χ1n) is 5.93. The zero-order valence-corrected chi connectivity index (χ0v) is 9.66. The first kappa shape index (κ1) is 11.4. The van der Waals surface area contributed by atoms with Crippen LogP contribution in [-0.2, 0) is 9.59 Å². The maximum atomic E-state index is 12.1. The van der Waals surface area contributed by atoms with Gasteiger partial charge in [0.2, 0.25) is 11.8 Å². The van der Waals surface area contributed by atoms with Crippen LogP contribution in [0.15, 0.2) is 0 Å². The van der Waals surface area contributed by atoms with E-state index in [0.717, 1.165) is 32.5 Å². The number of rotatable bonds is 2. The van der Waals surface area contributed by atoms with Gasteiger partial charge in [0.15, 0.2) is 0 Å². The van der Waals surface area contributed by atoms with Crippen LogP contribution in [0, 0.1) is 5.92 Å². The van der Waals surface area contributed by atoms with Crippen molar-refractivity contribution in [2.45, 2.75) is 25.8 Å². The Kier molecular flexibility index (Phi) is 3.43. The van der Waals surface area contributed by atoms with E-state index in [9.17, 15) is 9.59 Å². The molecule has 2 saturated heterocycles. The summed E-state index contributed by atoms with van der Waals surface area (Å²) < 4.78 is 0. The van der Waals surface area contributed by atoms with Crippen LogP contribution in [0.5, 0.6) is 0 Å². The Hall–Kier alpha value is -1.10. The molecule has 0 bridgehead atoms. The smallest absolute Gasteiger partial charge is 0.227 e. The number of amides is 2. The van der Waals surface area contributed by atoms with Gasteiger partial charge < -0.3 is 15.5 Å². The third-order valence-corrected chi connectivity index (χ3v) is 3.32. The van der Waals surface area contributed by atoms with Gasteiger partial charge in [-0.15, -0.1) is 0 Å². The van der Waals surface area contributed by atoms with Crippen molar-refractivity contribution in [1.29, 1.82) is 0 Å². The fraction of sp³-hybridized carbons (Fsp3) is 0.818. The van der Waals surface area contributed by atoms with E-state index in [-0.39, 0.29) is 23.8 Å². The van der Waals surface area contributed by atoms with E-state index in [0.29, 0.717) is 6.54 Å². The fourth-order valence-corrected chi connectivity index (χ4v) is 2.49. The van der Waals surface area contributed by atoms with Crippen LogP contribution in [0.25, 0.3) is 0 Å². The van der Waals surface area contributed by atoms with Crippen molar-refractivity contribution in [2.75, 3.05) is 26.2 Å². The lowest BCUT2D eigenvalue weighted by atomic mass is 10.1. The SMILES string of the molecule is CC(=O)NC1CCN(C(=O)C2CCNC2)C1. The van der Waals surface area contributed by atoms with Crippen LogP contribution in [0.3, 0.4) is 0 Å². The predicted molar refractivity (Wildman–Crippen MR) is 59.8 cm³/mol. The molecule has 2 N–H and O–H groups in total. The van der Waals surface area contributed by atoms with Crippen molar-refractivity contribution in [3.05, 3.63) is 0 Å². The summed E-state index contributed by atoms with van der Waals surface area (Å²) in [5, 5.41) is 6.07. The summed E-state index contributed by atoms with van der Waals surface area (Å²) in [6.45, 7) is 4.72. The number of hydrogen-bond donors (Lipinski definition) is 2. The standard InChI is InChI=1S/C11H19N3O2/c1-8(15)13-10-3-5-14(7-10)11(16)9-2-4-12-6-9/h9-10,12H,2-7H2,1H3,(H,13,15). The van der Waals surface area contributed by atoms with Gasteiger partial charge in [0.05, 0.1) is 5.92 Å². The van der Waals surface area contributed by atoms with Gasteiger partial charge in [-0.3, -0.25) is 9.59 Å². The van der Waals surface area contributed by atoms with E-state index in [2.05, 4.69) is 10.6 Å². The number of likely N-dealkylation sites (tertiary alicyclic amines) is 1. The van der Waals surface area contributed by atoms with Crippen molar-refractivity contribution in [3.63, 3.8) is 0 Å². The number of carbonyl (C=O) groups excluding carboxylic acids is 2. The molecule has 0 aromatic carbocycles. The highest BCUT2D eigenvalue weighted by atomic mass is 16.2. The van der Waals surface area contributed by atoms with Crippen LogP contribution >= 0.6 is 0 Å². The Bertz CT molecular complexity index is 287. The fourth-order valence-electron chi connectivity index (χ4n) is 2.49. The Balaban J connectivity index is 1.83. The molecule has 2 aliphatic heterocycles. The third kappa shape index (κ3) is 2.52. The molecule has 2 atom stereocenters. The zero-order chi connectivity index (χ0) is 11.5. The molecule has 0 radical (unpaired) electrons. The second-order valence-electron chi connectivity index (χ2n) is 4.66. The van der Waals surface area contributed by atoms with Gasteiger partial charge in [0.25, 0.3) is 0 Å². The van der Waals surface area contributed by atoms with Gasteiger partial charge in [0, 0.05) is 32.6 Å². The summed E-state index contributed by atoms with van der Waals surface area (Å²) in [6.07, 6.45) is 1.83. The lowest BCUT2D eigenvalue weighted by molar-refractivity contribution is -0.134. The molecule has 2 aliphatic rings. The minimum absolute atomic E-state index is 0.0122. The zero-order valence-electron chi connectivity index (χ0n) is 9.66. The van der Waals surface area contributed by atoms with Gasteiger partial charge in [-0.2, -0.15) is 0 Å². The highest BCUT2D eigenvalue weighted by Crippen LogP contribution is 2.16. The molecule has 2 amide bonds. The molecular weight excluding hydrogens is 206 g/mol. The van der Waals surface area contributed by atoms with Crippen molar-refractivity contribution >= 4 is 11.8 Å². The average molecular weight is 225 g/mol. The lowest BCUT2D eigenvalue weighted by Crippen LogP contribution is -2.39. The molecule has 2 rings (SSSR count). The van der Waals surface area contributed by atoms with Crippen molar-refractivity contribution in [3.8, 4) is 0 Å². The summed E-state index contributed by atoms with van der Waals surface area (Å²) >= 11 is 0. The molecule has 16 heavy (non-hydrogen) atoms. The first-order valence-corrected chi connectivity index (χ1v) is 5.93. The Morgan fingerprint density at radius 2 is 2.19 bits per heavy atom. The minimum Gasteiger partial charge on any atom is -0.352 e. The normalized spacial score (nSPS) is 29.4. The molecule has 90 valence electrons. The summed E-state index contributed by atoms with van der Waals surface area (Å²) in [5.74, 6) is 0.385. The summed E-state index contributed by atoms with van der Waals surface area (Å²) in [6, 6.07) is 0.149. The highest BCUT2D eigenvalue weighted by Gasteiger charge is 2.32. The second kappa shape index (κ2) is 4.82. The van der Waals surface area contributed by atoms with Gasteiger partial charge >= 0.3 is 0 Å². The summed E-state index contributed by atoms with van der Waals surface area (Å²) in [5.41, 5.74) is 0. The van der Waals surface area contributed by atoms with Crippen molar-refractivity contribution in [2.24, 2.45) is 5.92 Å². The maximum absolute atomic E-state index is 12.1. The summed E-state index contributed by atoms with van der Waals surface area (Å²) in [4.78, 5) is 24.8. The number of carbonyl (C=O) groups is 2. The second-order valence-corrected chi connectivity index (χ2v) is 4.66. The van der Waals surface area contributed by atoms with E-state index in [1.165, 1.54) is 6.92 Å². The number of nitrogens with zero attached hydrogens (tertiary/aromatic N) is 1. The predicted octanol–water partition coefficient (Wildman–Crippen LogP) is -0.667. The average Bonchev–Trinajstić information content (AvgIpc) is 2.84. The largest absolute Gasteiger partial charge is 0.352 e. The quantitative estimate of drug-likeness (QED) is 0.655. The lowest BCUT2D eigenvalue weighted by Gasteiger charge is -2.20. The van der Waals surface area contributed by atoms with Crippen LogP contribution in [-0.4, -0.2) is 48.9 Å². The highest BCUT2D eigenvalue weighted by molar-refractivity contribution is 5.80. The molecule has 2 unspecified atom stereocenters. The molecule has 0 aliphatic carbocycles. The molecule has 0 aromatic heterocycles. The van der Waals surface area contributed by atoms with Gasteiger partial charge in [-0.05, 0) is 19.4 Å².